The number of rotatable bonds is 8. The lowest BCUT2D eigenvalue weighted by Crippen LogP contribution is -2.22. The Morgan fingerprint density at radius 3 is 2.65 bits per heavy atom. The molecule has 1 unspecified atom stereocenters. The summed E-state index contributed by atoms with van der Waals surface area (Å²) in [5, 5.41) is 13.9. The van der Waals surface area contributed by atoms with Crippen LogP contribution in [0.3, 0.4) is 0 Å². The van der Waals surface area contributed by atoms with E-state index in [4.69, 9.17) is 4.74 Å². The molecule has 17 heavy (non-hydrogen) atoms. The Labute approximate surface area is 108 Å². The second-order valence-corrected chi connectivity index (χ2v) is 5.35. The summed E-state index contributed by atoms with van der Waals surface area (Å²) in [5.41, 5.74) is -0.285. The van der Waals surface area contributed by atoms with Gasteiger partial charge in [0, 0.05) is 20.1 Å². The monoisotopic (exact) mass is 257 g/mol. The van der Waals surface area contributed by atoms with Gasteiger partial charge in [0.25, 0.3) is 0 Å². The SMILES string of the molecule is CCCNCCc1nnc(C(C)(CC)OC)s1. The van der Waals surface area contributed by atoms with E-state index < -0.39 is 0 Å². The molecule has 1 aromatic rings. The Bertz CT molecular complexity index is 323. The Kier molecular flexibility index (Phi) is 6.02. The van der Waals surface area contributed by atoms with Crippen LogP contribution in [0.1, 0.15) is 43.6 Å². The zero-order valence-electron chi connectivity index (χ0n) is 11.2. The zero-order chi connectivity index (χ0) is 12.7. The minimum atomic E-state index is -0.285. The first-order valence-corrected chi connectivity index (χ1v) is 7.06. The molecule has 0 spiro atoms. The average Bonchev–Trinajstić information content (AvgIpc) is 2.83. The van der Waals surface area contributed by atoms with E-state index in [0.29, 0.717) is 0 Å². The number of hydrogen-bond acceptors (Lipinski definition) is 5. The van der Waals surface area contributed by atoms with E-state index in [1.807, 2.05) is 0 Å². The summed E-state index contributed by atoms with van der Waals surface area (Å²) in [6.07, 6.45) is 3.02. The van der Waals surface area contributed by atoms with Crippen molar-refractivity contribution in [2.45, 2.75) is 45.6 Å². The fourth-order valence-electron chi connectivity index (χ4n) is 1.45. The van der Waals surface area contributed by atoms with Gasteiger partial charge in [0.05, 0.1) is 0 Å². The lowest BCUT2D eigenvalue weighted by molar-refractivity contribution is -0.00207. The predicted molar refractivity (Wildman–Crippen MR) is 71.4 cm³/mol. The maximum atomic E-state index is 5.52. The number of aromatic nitrogens is 2. The van der Waals surface area contributed by atoms with Crippen LogP contribution < -0.4 is 5.32 Å². The molecule has 0 amide bonds. The van der Waals surface area contributed by atoms with Gasteiger partial charge in [0.15, 0.2) is 0 Å². The molecule has 1 heterocycles. The van der Waals surface area contributed by atoms with Crippen LogP contribution in [0.5, 0.6) is 0 Å². The van der Waals surface area contributed by atoms with Crippen molar-refractivity contribution in [1.29, 1.82) is 0 Å². The molecule has 1 rings (SSSR count). The molecule has 0 aliphatic rings. The molecule has 98 valence electrons. The fraction of sp³-hybridized carbons (Fsp3) is 0.833. The van der Waals surface area contributed by atoms with Crippen molar-refractivity contribution in [3.05, 3.63) is 10.0 Å². The number of nitrogens with zero attached hydrogens (tertiary/aromatic N) is 2. The summed E-state index contributed by atoms with van der Waals surface area (Å²) >= 11 is 1.66. The predicted octanol–water partition coefficient (Wildman–Crippen LogP) is 2.35. The first-order chi connectivity index (χ1) is 8.16. The minimum Gasteiger partial charge on any atom is -0.371 e. The van der Waals surface area contributed by atoms with Crippen LogP contribution >= 0.6 is 11.3 Å². The smallest absolute Gasteiger partial charge is 0.149 e. The summed E-state index contributed by atoms with van der Waals surface area (Å²) in [5.74, 6) is 0. The van der Waals surface area contributed by atoms with E-state index in [0.717, 1.165) is 35.9 Å². The van der Waals surface area contributed by atoms with Crippen LogP contribution in [0, 0.1) is 0 Å². The van der Waals surface area contributed by atoms with Crippen molar-refractivity contribution in [3.8, 4) is 0 Å². The molecular formula is C12H23N3OS. The lowest BCUT2D eigenvalue weighted by atomic mass is 10.1. The summed E-state index contributed by atoms with van der Waals surface area (Å²) in [6.45, 7) is 8.37. The standard InChI is InChI=1S/C12H23N3OS/c1-5-8-13-9-7-10-14-15-11(17-10)12(3,6-2)16-4/h13H,5-9H2,1-4H3. The molecule has 1 N–H and O–H groups in total. The molecule has 5 heteroatoms. The zero-order valence-corrected chi connectivity index (χ0v) is 12.1. The highest BCUT2D eigenvalue weighted by Crippen LogP contribution is 2.30. The van der Waals surface area contributed by atoms with Gasteiger partial charge in [0.1, 0.15) is 15.6 Å². The molecule has 4 nitrogen and oxygen atoms in total. The Hall–Kier alpha value is -0.520. The molecule has 1 aromatic heterocycles. The second-order valence-electron chi connectivity index (χ2n) is 4.29. The van der Waals surface area contributed by atoms with Crippen LogP contribution in [-0.4, -0.2) is 30.4 Å². The highest BCUT2D eigenvalue weighted by Gasteiger charge is 2.28. The third kappa shape index (κ3) is 4.01. The van der Waals surface area contributed by atoms with E-state index in [1.54, 1.807) is 18.4 Å². The van der Waals surface area contributed by atoms with Gasteiger partial charge in [-0.05, 0) is 26.3 Å². The molecule has 0 fully saturated rings. The molecule has 1 atom stereocenters. The van der Waals surface area contributed by atoms with E-state index in [1.165, 1.54) is 6.42 Å². The van der Waals surface area contributed by atoms with E-state index in [2.05, 4.69) is 36.3 Å². The lowest BCUT2D eigenvalue weighted by Gasteiger charge is -2.22. The highest BCUT2D eigenvalue weighted by atomic mass is 32.1. The van der Waals surface area contributed by atoms with Crippen molar-refractivity contribution >= 4 is 11.3 Å². The normalized spacial score (nSPS) is 14.8. The summed E-state index contributed by atoms with van der Waals surface area (Å²) in [6, 6.07) is 0. The van der Waals surface area contributed by atoms with E-state index in [9.17, 15) is 0 Å². The van der Waals surface area contributed by atoms with Crippen molar-refractivity contribution < 1.29 is 4.74 Å². The topological polar surface area (TPSA) is 47.0 Å². The first-order valence-electron chi connectivity index (χ1n) is 6.25. The summed E-state index contributed by atoms with van der Waals surface area (Å²) < 4.78 is 5.52. The molecule has 0 aromatic carbocycles. The van der Waals surface area contributed by atoms with Gasteiger partial charge in [-0.3, -0.25) is 0 Å². The van der Waals surface area contributed by atoms with Gasteiger partial charge in [0.2, 0.25) is 0 Å². The molecular weight excluding hydrogens is 234 g/mol. The van der Waals surface area contributed by atoms with E-state index >= 15 is 0 Å². The molecule has 0 saturated carbocycles. The number of ether oxygens (including phenoxy) is 1. The third-order valence-corrected chi connectivity index (χ3v) is 4.22. The third-order valence-electron chi connectivity index (χ3n) is 2.99. The fourth-order valence-corrected chi connectivity index (χ4v) is 2.48. The van der Waals surface area contributed by atoms with Gasteiger partial charge in [-0.1, -0.05) is 25.2 Å². The van der Waals surface area contributed by atoms with Gasteiger partial charge >= 0.3 is 0 Å². The maximum Gasteiger partial charge on any atom is 0.149 e. The first kappa shape index (κ1) is 14.5. The Morgan fingerprint density at radius 1 is 1.29 bits per heavy atom. The average molecular weight is 257 g/mol. The largest absolute Gasteiger partial charge is 0.371 e. The highest BCUT2D eigenvalue weighted by molar-refractivity contribution is 7.11. The summed E-state index contributed by atoms with van der Waals surface area (Å²) in [7, 11) is 1.73. The minimum absolute atomic E-state index is 0.285. The number of methoxy groups -OCH3 is 1. The Morgan fingerprint density at radius 2 is 2.06 bits per heavy atom. The quantitative estimate of drug-likeness (QED) is 0.726. The van der Waals surface area contributed by atoms with Crippen molar-refractivity contribution in [3.63, 3.8) is 0 Å². The van der Waals surface area contributed by atoms with Gasteiger partial charge in [-0.2, -0.15) is 0 Å². The maximum absolute atomic E-state index is 5.52. The molecule has 0 radical (unpaired) electrons. The van der Waals surface area contributed by atoms with Crippen LogP contribution in [0.4, 0.5) is 0 Å². The number of hydrogen-bond donors (Lipinski definition) is 1. The molecule has 0 aliphatic heterocycles. The van der Waals surface area contributed by atoms with Gasteiger partial charge < -0.3 is 10.1 Å². The van der Waals surface area contributed by atoms with Crippen LogP contribution in [0.25, 0.3) is 0 Å². The van der Waals surface area contributed by atoms with Crippen molar-refractivity contribution in [2.24, 2.45) is 0 Å². The van der Waals surface area contributed by atoms with Crippen molar-refractivity contribution in [1.82, 2.24) is 15.5 Å². The van der Waals surface area contributed by atoms with Crippen LogP contribution in [0.15, 0.2) is 0 Å². The van der Waals surface area contributed by atoms with Gasteiger partial charge in [-0.25, -0.2) is 0 Å². The van der Waals surface area contributed by atoms with Crippen LogP contribution in [0.2, 0.25) is 0 Å². The summed E-state index contributed by atoms with van der Waals surface area (Å²) in [4.78, 5) is 0. The second kappa shape index (κ2) is 7.03. The van der Waals surface area contributed by atoms with E-state index in [-0.39, 0.29) is 5.60 Å². The van der Waals surface area contributed by atoms with Gasteiger partial charge in [-0.15, -0.1) is 10.2 Å². The van der Waals surface area contributed by atoms with Crippen LogP contribution in [-0.2, 0) is 16.8 Å². The number of nitrogens with one attached hydrogen (secondary N) is 1. The van der Waals surface area contributed by atoms with Crippen molar-refractivity contribution in [2.75, 3.05) is 20.2 Å². The Balaban J connectivity index is 2.53. The molecule has 0 saturated heterocycles. The molecule has 0 aliphatic carbocycles. The molecule has 0 bridgehead atoms.